The molecular weight excluding hydrogens is 468 g/mol. The number of fused-ring (bicyclic) bond motifs is 6. The molecule has 2 N–H and O–H groups in total. The van der Waals surface area contributed by atoms with Crippen LogP contribution in [0.1, 0.15) is 70.6 Å². The van der Waals surface area contributed by atoms with Crippen LogP contribution in [0, 0.1) is 53.3 Å². The van der Waals surface area contributed by atoms with Crippen LogP contribution in [0.5, 0.6) is 0 Å². The topological polar surface area (TPSA) is 49.7 Å². The van der Waals surface area contributed by atoms with Gasteiger partial charge in [0.2, 0.25) is 0 Å². The monoisotopic (exact) mass is 514 g/mol. The van der Waals surface area contributed by atoms with Gasteiger partial charge in [-0.2, -0.15) is 0 Å². The van der Waals surface area contributed by atoms with E-state index < -0.39 is 0 Å². The van der Waals surface area contributed by atoms with Crippen LogP contribution < -0.4 is 0 Å². The molecule has 1 aliphatic heterocycles. The zero-order valence-electron chi connectivity index (χ0n) is 22.9. The van der Waals surface area contributed by atoms with E-state index in [1.807, 2.05) is 6.08 Å². The van der Waals surface area contributed by atoms with Gasteiger partial charge in [-0.25, -0.2) is 0 Å². The van der Waals surface area contributed by atoms with E-state index in [2.05, 4.69) is 42.5 Å². The van der Waals surface area contributed by atoms with Crippen molar-refractivity contribution in [3.05, 3.63) is 71.1 Å². The molecule has 204 valence electrons. The molecule has 3 nitrogen and oxygen atoms in total. The molecule has 1 saturated heterocycles. The van der Waals surface area contributed by atoms with Gasteiger partial charge in [0.05, 0.1) is 12.7 Å². The third-order valence-corrected chi connectivity index (χ3v) is 11.7. The Bertz CT molecular complexity index is 1090. The van der Waals surface area contributed by atoms with Gasteiger partial charge in [-0.3, -0.25) is 0 Å². The summed E-state index contributed by atoms with van der Waals surface area (Å²) in [6.07, 6.45) is 32.3. The Kier molecular flexibility index (Phi) is 7.03. The fourth-order valence-corrected chi connectivity index (χ4v) is 10.1. The van der Waals surface area contributed by atoms with E-state index in [1.54, 1.807) is 11.1 Å². The highest BCUT2D eigenvalue weighted by molar-refractivity contribution is 5.39. The van der Waals surface area contributed by atoms with E-state index in [0.717, 1.165) is 19.4 Å². The molecule has 0 aromatic carbocycles. The van der Waals surface area contributed by atoms with Crippen LogP contribution in [0.25, 0.3) is 0 Å². The lowest BCUT2D eigenvalue weighted by molar-refractivity contribution is -0.0428. The Morgan fingerprint density at radius 2 is 1.76 bits per heavy atom. The lowest BCUT2D eigenvalue weighted by Gasteiger charge is -2.51. The Balaban J connectivity index is 1.23. The molecule has 7 rings (SSSR count). The number of hydrogen-bond donors (Lipinski definition) is 2. The van der Waals surface area contributed by atoms with Crippen molar-refractivity contribution in [3.8, 4) is 0 Å². The maximum absolute atomic E-state index is 10.4. The average molecular weight is 515 g/mol. The van der Waals surface area contributed by atoms with Gasteiger partial charge < -0.3 is 14.9 Å². The molecule has 6 aliphatic carbocycles. The number of aliphatic hydroxyl groups is 2. The van der Waals surface area contributed by atoms with Crippen molar-refractivity contribution in [2.24, 2.45) is 53.3 Å². The largest absolute Gasteiger partial charge is 0.508 e. The summed E-state index contributed by atoms with van der Waals surface area (Å²) in [5.74, 6) is 5.12. The molecule has 10 atom stereocenters. The predicted octanol–water partition coefficient (Wildman–Crippen LogP) is 7.63. The van der Waals surface area contributed by atoms with E-state index in [4.69, 9.17) is 4.74 Å². The number of rotatable bonds is 3. The molecule has 0 aromatic rings. The van der Waals surface area contributed by atoms with Crippen molar-refractivity contribution < 1.29 is 14.9 Å². The molecule has 0 spiro atoms. The van der Waals surface area contributed by atoms with E-state index >= 15 is 0 Å². The molecular formula is C35H46O3. The molecule has 7 aliphatic rings. The zero-order chi connectivity index (χ0) is 25.6. The summed E-state index contributed by atoms with van der Waals surface area (Å²) >= 11 is 0. The zero-order valence-corrected chi connectivity index (χ0v) is 22.9. The Morgan fingerprint density at radius 1 is 0.842 bits per heavy atom. The van der Waals surface area contributed by atoms with Crippen molar-refractivity contribution >= 4 is 0 Å². The minimum absolute atomic E-state index is 0.147. The molecule has 3 heteroatoms. The van der Waals surface area contributed by atoms with Crippen LogP contribution in [-0.4, -0.2) is 29.5 Å². The molecule has 0 bridgehead atoms. The minimum Gasteiger partial charge on any atom is -0.508 e. The second-order valence-corrected chi connectivity index (χ2v) is 13.4. The highest BCUT2D eigenvalue weighted by Crippen LogP contribution is 2.57. The first kappa shape index (κ1) is 25.1. The standard InChI is InChI=1S/C35H46O3/c36-20-27-8-4-7-25-15-17-29-32(33(25)27)21-38-35-30(18-14-24-13-16-28(37)19-31(24)35)34(29)26-11-9-23(10-12-26)22-5-2-1-3-6-22/h4-5,7,9,13-14,16,19,25-27,29-37H,1-3,6,8,10-12,15,17-18,20-21H2. The molecule has 38 heavy (non-hydrogen) atoms. The number of allylic oxidation sites excluding steroid dienone is 9. The summed E-state index contributed by atoms with van der Waals surface area (Å²) in [7, 11) is 0. The smallest absolute Gasteiger partial charge is 0.112 e. The summed E-state index contributed by atoms with van der Waals surface area (Å²) in [5, 5.41) is 20.9. The lowest BCUT2D eigenvalue weighted by Crippen LogP contribution is -2.47. The van der Waals surface area contributed by atoms with Crippen molar-refractivity contribution in [2.45, 2.75) is 76.7 Å². The minimum atomic E-state index is 0.147. The van der Waals surface area contributed by atoms with Crippen LogP contribution >= 0.6 is 0 Å². The van der Waals surface area contributed by atoms with Gasteiger partial charge in [-0.05, 0) is 147 Å². The Morgan fingerprint density at radius 3 is 2.58 bits per heavy atom. The molecule has 0 aromatic heterocycles. The van der Waals surface area contributed by atoms with Crippen LogP contribution in [0.2, 0.25) is 0 Å². The molecule has 1 heterocycles. The van der Waals surface area contributed by atoms with Gasteiger partial charge in [-0.1, -0.05) is 36.5 Å². The first-order valence-electron chi connectivity index (χ1n) is 15.8. The summed E-state index contributed by atoms with van der Waals surface area (Å²) in [6.45, 7) is 1.11. The average Bonchev–Trinajstić information content (AvgIpc) is 3.14. The molecule has 0 amide bonds. The van der Waals surface area contributed by atoms with E-state index in [1.165, 1.54) is 63.4 Å². The van der Waals surface area contributed by atoms with Gasteiger partial charge >= 0.3 is 0 Å². The van der Waals surface area contributed by atoms with Gasteiger partial charge in [-0.15, -0.1) is 0 Å². The molecule has 0 radical (unpaired) electrons. The predicted molar refractivity (Wildman–Crippen MR) is 152 cm³/mol. The fraction of sp³-hybridized carbons (Fsp3) is 0.657. The van der Waals surface area contributed by atoms with Crippen molar-refractivity contribution in [1.29, 1.82) is 0 Å². The highest BCUT2D eigenvalue weighted by atomic mass is 16.5. The summed E-state index contributed by atoms with van der Waals surface area (Å²) in [5.41, 5.74) is 4.63. The summed E-state index contributed by atoms with van der Waals surface area (Å²) in [6, 6.07) is 0. The van der Waals surface area contributed by atoms with Gasteiger partial charge in [0.25, 0.3) is 0 Å². The molecule has 1 saturated carbocycles. The normalized spacial score (nSPS) is 44.2. The van der Waals surface area contributed by atoms with Crippen molar-refractivity contribution in [1.82, 2.24) is 0 Å². The summed E-state index contributed by atoms with van der Waals surface area (Å²) < 4.78 is 7.01. The van der Waals surface area contributed by atoms with E-state index in [-0.39, 0.29) is 12.0 Å². The highest BCUT2D eigenvalue weighted by Gasteiger charge is 2.53. The van der Waals surface area contributed by atoms with Gasteiger partial charge in [0.15, 0.2) is 0 Å². The molecule has 2 fully saturated rings. The van der Waals surface area contributed by atoms with Crippen LogP contribution in [-0.2, 0) is 4.74 Å². The first-order chi connectivity index (χ1) is 18.7. The molecule has 10 unspecified atom stereocenters. The Labute approximate surface area is 229 Å². The van der Waals surface area contributed by atoms with Gasteiger partial charge in [0, 0.05) is 12.5 Å². The number of ether oxygens (including phenoxy) is 1. The van der Waals surface area contributed by atoms with Crippen LogP contribution in [0.3, 0.4) is 0 Å². The van der Waals surface area contributed by atoms with E-state index in [9.17, 15) is 10.2 Å². The Hall–Kier alpha value is -1.84. The van der Waals surface area contributed by atoms with E-state index in [0.29, 0.717) is 59.7 Å². The van der Waals surface area contributed by atoms with Crippen molar-refractivity contribution in [3.63, 3.8) is 0 Å². The third-order valence-electron chi connectivity index (χ3n) is 11.7. The van der Waals surface area contributed by atoms with Gasteiger partial charge in [0.1, 0.15) is 5.76 Å². The van der Waals surface area contributed by atoms with Crippen LogP contribution in [0.15, 0.2) is 71.1 Å². The maximum atomic E-state index is 10.4. The summed E-state index contributed by atoms with van der Waals surface area (Å²) in [4.78, 5) is 0. The number of aliphatic hydroxyl groups excluding tert-OH is 2. The second-order valence-electron chi connectivity index (χ2n) is 13.4. The SMILES string of the molecule is OCC1CC=CC2CCC3C(COC4C5C=C(O)C=CC5=CCC4C3C3CC=C(C4=CCCCC4)CC3)C21. The van der Waals surface area contributed by atoms with Crippen molar-refractivity contribution in [2.75, 3.05) is 13.2 Å². The second kappa shape index (κ2) is 10.6. The third kappa shape index (κ3) is 4.42. The number of hydrogen-bond acceptors (Lipinski definition) is 3. The quantitative estimate of drug-likeness (QED) is 0.381. The first-order valence-corrected chi connectivity index (χ1v) is 15.8. The maximum Gasteiger partial charge on any atom is 0.112 e. The van der Waals surface area contributed by atoms with Crippen LogP contribution in [0.4, 0.5) is 0 Å². The fourth-order valence-electron chi connectivity index (χ4n) is 10.1. The lowest BCUT2D eigenvalue weighted by atomic mass is 9.53.